The molecule has 0 radical (unpaired) electrons. The predicted octanol–water partition coefficient (Wildman–Crippen LogP) is 4.91. The van der Waals surface area contributed by atoms with Crippen LogP contribution in [-0.2, 0) is 4.74 Å². The summed E-state index contributed by atoms with van der Waals surface area (Å²) in [7, 11) is 3.85. The van der Waals surface area contributed by atoms with Gasteiger partial charge in [-0.15, -0.1) is 0 Å². The van der Waals surface area contributed by atoms with Gasteiger partial charge >= 0.3 is 0 Å². The minimum Gasteiger partial charge on any atom is -0.496 e. The Morgan fingerprint density at radius 2 is 1.80 bits per heavy atom. The molecule has 0 spiro atoms. The number of allylic oxidation sites excluding steroid dienone is 1. The molecule has 1 fully saturated rings. The van der Waals surface area contributed by atoms with E-state index in [4.69, 9.17) is 14.5 Å². The normalized spacial score (nSPS) is 18.4. The van der Waals surface area contributed by atoms with Gasteiger partial charge in [0.15, 0.2) is 0 Å². The number of benzene rings is 2. The van der Waals surface area contributed by atoms with Gasteiger partial charge in [-0.1, -0.05) is 6.08 Å². The van der Waals surface area contributed by atoms with Gasteiger partial charge in [0.2, 0.25) is 0 Å². The van der Waals surface area contributed by atoms with Gasteiger partial charge in [0.25, 0.3) is 0 Å². The molecule has 0 atom stereocenters. The van der Waals surface area contributed by atoms with E-state index in [9.17, 15) is 0 Å². The van der Waals surface area contributed by atoms with Crippen LogP contribution in [0.4, 0.5) is 17.1 Å². The SMILES string of the molecule is COc1cc2c(cc1C=Nc1ccc(N3CCOCC3)cc1)C(C)=CC(C)(C)N2C. The van der Waals surface area contributed by atoms with Crippen molar-refractivity contribution in [3.05, 3.63) is 53.6 Å². The van der Waals surface area contributed by atoms with Crippen molar-refractivity contribution in [2.24, 2.45) is 4.99 Å². The lowest BCUT2D eigenvalue weighted by Gasteiger charge is -2.40. The largest absolute Gasteiger partial charge is 0.496 e. The summed E-state index contributed by atoms with van der Waals surface area (Å²) in [6.45, 7) is 10.1. The highest BCUT2D eigenvalue weighted by Gasteiger charge is 2.29. The average molecular weight is 406 g/mol. The van der Waals surface area contributed by atoms with Crippen molar-refractivity contribution in [2.75, 3.05) is 50.3 Å². The molecule has 5 nitrogen and oxygen atoms in total. The van der Waals surface area contributed by atoms with Crippen LogP contribution in [0.2, 0.25) is 0 Å². The van der Waals surface area contributed by atoms with Gasteiger partial charge in [0.05, 0.1) is 31.5 Å². The maximum Gasteiger partial charge on any atom is 0.129 e. The Kier molecular flexibility index (Phi) is 5.56. The number of rotatable bonds is 4. The van der Waals surface area contributed by atoms with Crippen LogP contribution in [-0.4, -0.2) is 52.2 Å². The Hall–Kier alpha value is -2.79. The first kappa shape index (κ1) is 20.5. The second-order valence-electron chi connectivity index (χ2n) is 8.53. The zero-order chi connectivity index (χ0) is 21.3. The maximum atomic E-state index is 5.69. The highest BCUT2D eigenvalue weighted by molar-refractivity contribution is 5.92. The van der Waals surface area contributed by atoms with Crippen molar-refractivity contribution in [2.45, 2.75) is 26.3 Å². The molecule has 158 valence electrons. The van der Waals surface area contributed by atoms with Crippen LogP contribution in [0.1, 0.15) is 31.9 Å². The lowest BCUT2D eigenvalue weighted by Crippen LogP contribution is -2.42. The summed E-state index contributed by atoms with van der Waals surface area (Å²) in [6.07, 6.45) is 4.21. The molecular formula is C25H31N3O2. The summed E-state index contributed by atoms with van der Waals surface area (Å²) < 4.78 is 11.1. The van der Waals surface area contributed by atoms with Crippen molar-refractivity contribution in [3.63, 3.8) is 0 Å². The number of likely N-dealkylation sites (N-methyl/N-ethyl adjacent to an activating group) is 1. The van der Waals surface area contributed by atoms with Gasteiger partial charge in [-0.05, 0) is 56.7 Å². The third kappa shape index (κ3) is 3.94. The van der Waals surface area contributed by atoms with E-state index in [0.29, 0.717) is 0 Å². The molecule has 2 aliphatic rings. The van der Waals surface area contributed by atoms with Crippen molar-refractivity contribution < 1.29 is 9.47 Å². The number of ether oxygens (including phenoxy) is 2. The first-order valence-corrected chi connectivity index (χ1v) is 10.5. The number of aliphatic imine (C=N–C) groups is 1. The van der Waals surface area contributed by atoms with Gasteiger partial charge in [-0.2, -0.15) is 0 Å². The Morgan fingerprint density at radius 3 is 2.47 bits per heavy atom. The molecule has 0 saturated carbocycles. The summed E-state index contributed by atoms with van der Waals surface area (Å²) in [4.78, 5) is 9.35. The van der Waals surface area contributed by atoms with Gasteiger partial charge in [-0.3, -0.25) is 4.99 Å². The molecule has 1 saturated heterocycles. The molecule has 0 bridgehead atoms. The van der Waals surface area contributed by atoms with E-state index in [2.05, 4.69) is 80.1 Å². The third-order valence-corrected chi connectivity index (χ3v) is 6.15. The zero-order valence-corrected chi connectivity index (χ0v) is 18.6. The van der Waals surface area contributed by atoms with Crippen LogP contribution in [0.15, 0.2) is 47.5 Å². The molecule has 0 unspecified atom stereocenters. The number of hydrogen-bond donors (Lipinski definition) is 0. The molecule has 2 aliphatic heterocycles. The van der Waals surface area contributed by atoms with E-state index in [1.54, 1.807) is 7.11 Å². The fraction of sp³-hybridized carbons (Fsp3) is 0.400. The Balaban J connectivity index is 1.60. The van der Waals surface area contributed by atoms with E-state index < -0.39 is 0 Å². The number of nitrogens with zero attached hydrogens (tertiary/aromatic N) is 3. The van der Waals surface area contributed by atoms with Crippen molar-refractivity contribution >= 4 is 28.8 Å². The Morgan fingerprint density at radius 1 is 1.10 bits per heavy atom. The van der Waals surface area contributed by atoms with Crippen LogP contribution in [0.5, 0.6) is 5.75 Å². The van der Waals surface area contributed by atoms with E-state index in [1.165, 1.54) is 22.5 Å². The van der Waals surface area contributed by atoms with E-state index in [-0.39, 0.29) is 5.54 Å². The first-order chi connectivity index (χ1) is 14.4. The maximum absolute atomic E-state index is 5.69. The predicted molar refractivity (Wildman–Crippen MR) is 126 cm³/mol. The van der Waals surface area contributed by atoms with Gasteiger partial charge < -0.3 is 19.3 Å². The smallest absolute Gasteiger partial charge is 0.129 e. The van der Waals surface area contributed by atoms with Crippen LogP contribution in [0.3, 0.4) is 0 Å². The van der Waals surface area contributed by atoms with E-state index in [1.807, 2.05) is 6.21 Å². The number of fused-ring (bicyclic) bond motifs is 1. The second kappa shape index (κ2) is 8.15. The number of morpholine rings is 1. The van der Waals surface area contributed by atoms with Gasteiger partial charge in [0.1, 0.15) is 5.75 Å². The lowest BCUT2D eigenvalue weighted by atomic mass is 9.88. The van der Waals surface area contributed by atoms with Crippen LogP contribution in [0, 0.1) is 0 Å². The van der Waals surface area contributed by atoms with Gasteiger partial charge in [0, 0.05) is 54.9 Å². The molecule has 0 aliphatic carbocycles. The van der Waals surface area contributed by atoms with Crippen molar-refractivity contribution in [1.29, 1.82) is 0 Å². The molecule has 5 heteroatoms. The average Bonchev–Trinajstić information content (AvgIpc) is 2.76. The zero-order valence-electron chi connectivity index (χ0n) is 18.6. The number of anilines is 2. The van der Waals surface area contributed by atoms with E-state index in [0.717, 1.165) is 43.3 Å². The quantitative estimate of drug-likeness (QED) is 0.677. The minimum absolute atomic E-state index is 0.0278. The van der Waals surface area contributed by atoms with Crippen LogP contribution in [0.25, 0.3) is 5.57 Å². The monoisotopic (exact) mass is 405 g/mol. The lowest BCUT2D eigenvalue weighted by molar-refractivity contribution is 0.122. The third-order valence-electron chi connectivity index (χ3n) is 6.15. The molecule has 30 heavy (non-hydrogen) atoms. The standard InChI is InChI=1S/C25H31N3O2/c1-18-16-25(2,3)27(4)23-15-24(29-5)19(14-22(18)23)17-26-20-6-8-21(9-7-20)28-10-12-30-13-11-28/h6-9,14-17H,10-13H2,1-5H3. The first-order valence-electron chi connectivity index (χ1n) is 10.5. The fourth-order valence-corrected chi connectivity index (χ4v) is 4.19. The molecule has 2 aromatic carbocycles. The van der Waals surface area contributed by atoms with Crippen molar-refractivity contribution in [1.82, 2.24) is 0 Å². The minimum atomic E-state index is -0.0278. The number of hydrogen-bond acceptors (Lipinski definition) is 5. The van der Waals surface area contributed by atoms with Crippen molar-refractivity contribution in [3.8, 4) is 5.75 Å². The Labute approximate surface area is 179 Å². The molecule has 2 aromatic rings. The Bertz CT molecular complexity index is 971. The summed E-state index contributed by atoms with van der Waals surface area (Å²) in [5.41, 5.74) is 6.78. The summed E-state index contributed by atoms with van der Waals surface area (Å²) in [6, 6.07) is 12.7. The summed E-state index contributed by atoms with van der Waals surface area (Å²) >= 11 is 0. The number of methoxy groups -OCH3 is 1. The summed E-state index contributed by atoms with van der Waals surface area (Å²) in [5.74, 6) is 0.833. The molecule has 2 heterocycles. The van der Waals surface area contributed by atoms with Crippen LogP contribution < -0.4 is 14.5 Å². The molecule has 0 amide bonds. The highest BCUT2D eigenvalue weighted by atomic mass is 16.5. The van der Waals surface area contributed by atoms with Crippen LogP contribution >= 0.6 is 0 Å². The van der Waals surface area contributed by atoms with Gasteiger partial charge in [-0.25, -0.2) is 0 Å². The highest BCUT2D eigenvalue weighted by Crippen LogP contribution is 2.41. The topological polar surface area (TPSA) is 37.3 Å². The molecule has 4 rings (SSSR count). The fourth-order valence-electron chi connectivity index (χ4n) is 4.19. The van der Waals surface area contributed by atoms with E-state index >= 15 is 0 Å². The molecule has 0 N–H and O–H groups in total. The molecule has 0 aromatic heterocycles. The summed E-state index contributed by atoms with van der Waals surface area (Å²) in [5, 5.41) is 0. The second-order valence-corrected chi connectivity index (χ2v) is 8.53. The molecular weight excluding hydrogens is 374 g/mol.